The van der Waals surface area contributed by atoms with Gasteiger partial charge in [0.25, 0.3) is 0 Å². The highest BCUT2D eigenvalue weighted by molar-refractivity contribution is 5.31. The summed E-state index contributed by atoms with van der Waals surface area (Å²) in [6, 6.07) is 8.60. The largest absolute Gasteiger partial charge is 0.491 e. The van der Waals surface area contributed by atoms with E-state index in [0.717, 1.165) is 25.3 Å². The van der Waals surface area contributed by atoms with Gasteiger partial charge in [0.05, 0.1) is 6.10 Å². The van der Waals surface area contributed by atoms with Gasteiger partial charge in [0.2, 0.25) is 0 Å². The molecule has 1 aromatic carbocycles. The molecular weight excluding hydrogens is 236 g/mol. The summed E-state index contributed by atoms with van der Waals surface area (Å²) in [6.07, 6.45) is 1.34. The van der Waals surface area contributed by atoms with Crippen LogP contribution in [0.4, 0.5) is 0 Å². The third-order valence-corrected chi connectivity index (χ3v) is 3.20. The molecule has 0 spiro atoms. The second-order valence-corrected chi connectivity index (χ2v) is 5.12. The van der Waals surface area contributed by atoms with Crippen molar-refractivity contribution in [2.45, 2.75) is 46.3 Å². The number of nitrogens with two attached hydrogens (primary N) is 1. The highest BCUT2D eigenvalue weighted by atomic mass is 16.5. The molecule has 1 unspecified atom stereocenters. The number of rotatable bonds is 8. The van der Waals surface area contributed by atoms with Crippen molar-refractivity contribution in [3.8, 4) is 5.75 Å². The van der Waals surface area contributed by atoms with Crippen LogP contribution in [0.25, 0.3) is 0 Å². The van der Waals surface area contributed by atoms with E-state index in [1.165, 1.54) is 5.56 Å². The van der Waals surface area contributed by atoms with Crippen molar-refractivity contribution >= 4 is 0 Å². The third-order valence-electron chi connectivity index (χ3n) is 3.20. The van der Waals surface area contributed by atoms with Crippen LogP contribution in [-0.4, -0.2) is 30.6 Å². The molecule has 0 aliphatic rings. The average molecular weight is 264 g/mol. The van der Waals surface area contributed by atoms with Gasteiger partial charge in [-0.1, -0.05) is 26.0 Å². The number of nitrogens with zero attached hydrogens (tertiary/aromatic N) is 1. The summed E-state index contributed by atoms with van der Waals surface area (Å²) in [5.41, 5.74) is 7.23. The standard InChI is InChI=1S/C16H28N2O/c1-5-10-18(6-2)16(12-17)14-8-7-9-15(11-14)19-13(3)4/h7-9,11,13,16H,5-6,10,12,17H2,1-4H3. The zero-order valence-electron chi connectivity index (χ0n) is 12.7. The zero-order chi connectivity index (χ0) is 14.3. The minimum atomic E-state index is 0.199. The summed E-state index contributed by atoms with van der Waals surface area (Å²) in [5.74, 6) is 0.929. The Morgan fingerprint density at radius 1 is 1.26 bits per heavy atom. The molecule has 0 saturated heterocycles. The topological polar surface area (TPSA) is 38.5 Å². The van der Waals surface area contributed by atoms with Crippen molar-refractivity contribution in [1.29, 1.82) is 0 Å². The predicted octanol–water partition coefficient (Wildman–Crippen LogP) is 3.21. The van der Waals surface area contributed by atoms with Gasteiger partial charge in [0.1, 0.15) is 5.75 Å². The molecule has 0 heterocycles. The molecular formula is C16H28N2O. The molecule has 0 saturated carbocycles. The molecule has 108 valence electrons. The van der Waals surface area contributed by atoms with E-state index in [9.17, 15) is 0 Å². The molecule has 19 heavy (non-hydrogen) atoms. The Hall–Kier alpha value is -1.06. The van der Waals surface area contributed by atoms with Crippen molar-refractivity contribution in [2.75, 3.05) is 19.6 Å². The van der Waals surface area contributed by atoms with Crippen LogP contribution in [0.15, 0.2) is 24.3 Å². The van der Waals surface area contributed by atoms with Gasteiger partial charge in [0.15, 0.2) is 0 Å². The van der Waals surface area contributed by atoms with E-state index in [1.54, 1.807) is 0 Å². The van der Waals surface area contributed by atoms with Gasteiger partial charge < -0.3 is 10.5 Å². The molecule has 3 nitrogen and oxygen atoms in total. The second kappa shape index (κ2) is 8.18. The molecule has 2 N–H and O–H groups in total. The van der Waals surface area contributed by atoms with Gasteiger partial charge >= 0.3 is 0 Å². The average Bonchev–Trinajstić information content (AvgIpc) is 2.38. The first-order valence-corrected chi connectivity index (χ1v) is 7.33. The Morgan fingerprint density at radius 3 is 2.53 bits per heavy atom. The number of ether oxygens (including phenoxy) is 1. The summed E-state index contributed by atoms with van der Waals surface area (Å²) in [7, 11) is 0. The minimum absolute atomic E-state index is 0.199. The molecule has 3 heteroatoms. The number of hydrogen-bond donors (Lipinski definition) is 1. The molecule has 0 radical (unpaired) electrons. The number of benzene rings is 1. The van der Waals surface area contributed by atoms with Crippen LogP contribution in [0.3, 0.4) is 0 Å². The first-order chi connectivity index (χ1) is 9.12. The molecule has 1 rings (SSSR count). The first kappa shape index (κ1) is 16.0. The number of likely N-dealkylation sites (N-methyl/N-ethyl adjacent to an activating group) is 1. The summed E-state index contributed by atoms with van der Waals surface area (Å²) in [6.45, 7) is 11.2. The minimum Gasteiger partial charge on any atom is -0.491 e. The lowest BCUT2D eigenvalue weighted by atomic mass is 10.0. The third kappa shape index (κ3) is 4.84. The van der Waals surface area contributed by atoms with E-state index in [-0.39, 0.29) is 12.1 Å². The molecule has 0 amide bonds. The fraction of sp³-hybridized carbons (Fsp3) is 0.625. The van der Waals surface area contributed by atoms with E-state index in [4.69, 9.17) is 10.5 Å². The van der Waals surface area contributed by atoms with E-state index < -0.39 is 0 Å². The van der Waals surface area contributed by atoms with E-state index in [1.807, 2.05) is 19.9 Å². The van der Waals surface area contributed by atoms with Crippen LogP contribution < -0.4 is 10.5 Å². The Balaban J connectivity index is 2.90. The maximum atomic E-state index is 5.98. The Kier molecular flexibility index (Phi) is 6.89. The first-order valence-electron chi connectivity index (χ1n) is 7.33. The fourth-order valence-electron chi connectivity index (χ4n) is 2.38. The second-order valence-electron chi connectivity index (χ2n) is 5.12. The van der Waals surface area contributed by atoms with Crippen LogP contribution in [0.2, 0.25) is 0 Å². The van der Waals surface area contributed by atoms with Crippen molar-refractivity contribution in [3.05, 3.63) is 29.8 Å². The van der Waals surface area contributed by atoms with Gasteiger partial charge in [-0.25, -0.2) is 0 Å². The van der Waals surface area contributed by atoms with Crippen LogP contribution >= 0.6 is 0 Å². The van der Waals surface area contributed by atoms with Crippen LogP contribution in [-0.2, 0) is 0 Å². The van der Waals surface area contributed by atoms with E-state index >= 15 is 0 Å². The van der Waals surface area contributed by atoms with E-state index in [0.29, 0.717) is 6.54 Å². The summed E-state index contributed by atoms with van der Waals surface area (Å²) in [4.78, 5) is 2.43. The van der Waals surface area contributed by atoms with Crippen LogP contribution in [0, 0.1) is 0 Å². The Morgan fingerprint density at radius 2 is 2.00 bits per heavy atom. The molecule has 0 aliphatic heterocycles. The van der Waals surface area contributed by atoms with Crippen LogP contribution in [0.5, 0.6) is 5.75 Å². The van der Waals surface area contributed by atoms with Crippen molar-refractivity contribution in [3.63, 3.8) is 0 Å². The highest BCUT2D eigenvalue weighted by Gasteiger charge is 2.17. The predicted molar refractivity (Wildman–Crippen MR) is 81.5 cm³/mol. The normalized spacial score (nSPS) is 13.0. The van der Waals surface area contributed by atoms with Gasteiger partial charge in [-0.15, -0.1) is 0 Å². The van der Waals surface area contributed by atoms with Crippen molar-refractivity contribution in [1.82, 2.24) is 4.90 Å². The van der Waals surface area contributed by atoms with Crippen molar-refractivity contribution in [2.24, 2.45) is 5.73 Å². The van der Waals surface area contributed by atoms with Crippen molar-refractivity contribution < 1.29 is 4.74 Å². The Labute approximate surface area is 117 Å². The number of hydrogen-bond acceptors (Lipinski definition) is 3. The summed E-state index contributed by atoms with van der Waals surface area (Å²) in [5, 5.41) is 0. The molecule has 0 bridgehead atoms. The fourth-order valence-corrected chi connectivity index (χ4v) is 2.38. The summed E-state index contributed by atoms with van der Waals surface area (Å²) >= 11 is 0. The highest BCUT2D eigenvalue weighted by Crippen LogP contribution is 2.24. The molecule has 1 aromatic rings. The monoisotopic (exact) mass is 264 g/mol. The van der Waals surface area contributed by atoms with E-state index in [2.05, 4.69) is 36.9 Å². The van der Waals surface area contributed by atoms with Gasteiger partial charge in [-0.05, 0) is 51.1 Å². The molecule has 0 aliphatic carbocycles. The Bertz CT molecular complexity index is 366. The molecule has 1 atom stereocenters. The lowest BCUT2D eigenvalue weighted by Crippen LogP contribution is -2.34. The van der Waals surface area contributed by atoms with Gasteiger partial charge in [-0.3, -0.25) is 4.90 Å². The smallest absolute Gasteiger partial charge is 0.120 e. The molecule has 0 aromatic heterocycles. The maximum absolute atomic E-state index is 5.98. The SMILES string of the molecule is CCCN(CC)C(CN)c1cccc(OC(C)C)c1. The lowest BCUT2D eigenvalue weighted by Gasteiger charge is -2.30. The van der Waals surface area contributed by atoms with Gasteiger partial charge in [0, 0.05) is 12.6 Å². The maximum Gasteiger partial charge on any atom is 0.120 e. The van der Waals surface area contributed by atoms with Crippen LogP contribution in [0.1, 0.15) is 45.7 Å². The molecule has 0 fully saturated rings. The lowest BCUT2D eigenvalue weighted by molar-refractivity contribution is 0.210. The van der Waals surface area contributed by atoms with Gasteiger partial charge in [-0.2, -0.15) is 0 Å². The zero-order valence-corrected chi connectivity index (χ0v) is 12.7. The summed E-state index contributed by atoms with van der Waals surface area (Å²) < 4.78 is 5.76. The quantitative estimate of drug-likeness (QED) is 0.783.